The predicted octanol–water partition coefficient (Wildman–Crippen LogP) is 3.28. The highest BCUT2D eigenvalue weighted by molar-refractivity contribution is 5.70. The number of nitrogens with one attached hydrogen (secondary N) is 1. The highest BCUT2D eigenvalue weighted by atomic mass is 16.3. The second-order valence-electron chi connectivity index (χ2n) is 5.15. The maximum absolute atomic E-state index is 5.62. The van der Waals surface area contributed by atoms with E-state index in [1.165, 1.54) is 11.3 Å². The molecule has 0 unspecified atom stereocenters. The number of aromatic nitrogens is 2. The van der Waals surface area contributed by atoms with Crippen LogP contribution in [0.4, 0.5) is 0 Å². The highest BCUT2D eigenvalue weighted by Gasteiger charge is 2.17. The summed E-state index contributed by atoms with van der Waals surface area (Å²) in [6, 6.07) is 2.48. The predicted molar refractivity (Wildman–Crippen MR) is 77.1 cm³/mol. The molecule has 2 rings (SSSR count). The van der Waals surface area contributed by atoms with Gasteiger partial charge in [0, 0.05) is 29.4 Å². The van der Waals surface area contributed by atoms with Crippen molar-refractivity contribution in [2.24, 2.45) is 0 Å². The Balaban J connectivity index is 2.37. The standard InChI is InChI=1S/C15H23N3O/c1-6-18-12(5)15(11(4)17-18)13-7-8-19-14(13)9-16-10(2)3/h7-8,10,16H,6,9H2,1-5H3. The van der Waals surface area contributed by atoms with Crippen LogP contribution in [0.25, 0.3) is 11.1 Å². The van der Waals surface area contributed by atoms with Crippen molar-refractivity contribution in [3.8, 4) is 11.1 Å². The summed E-state index contributed by atoms with van der Waals surface area (Å²) in [7, 11) is 0. The molecular weight excluding hydrogens is 238 g/mol. The summed E-state index contributed by atoms with van der Waals surface area (Å²) in [6.07, 6.45) is 1.76. The molecule has 2 aromatic heterocycles. The van der Waals surface area contributed by atoms with Crippen molar-refractivity contribution in [2.45, 2.75) is 53.8 Å². The van der Waals surface area contributed by atoms with Gasteiger partial charge in [0.25, 0.3) is 0 Å². The third-order valence-electron chi connectivity index (χ3n) is 3.37. The zero-order valence-corrected chi connectivity index (χ0v) is 12.4. The van der Waals surface area contributed by atoms with Crippen molar-refractivity contribution in [1.82, 2.24) is 15.1 Å². The smallest absolute Gasteiger partial charge is 0.125 e. The molecule has 0 fully saturated rings. The molecular formula is C15H23N3O. The fraction of sp³-hybridized carbons (Fsp3) is 0.533. The first-order valence-electron chi connectivity index (χ1n) is 6.88. The fourth-order valence-corrected chi connectivity index (χ4v) is 2.39. The maximum Gasteiger partial charge on any atom is 0.125 e. The quantitative estimate of drug-likeness (QED) is 0.898. The van der Waals surface area contributed by atoms with E-state index in [0.29, 0.717) is 6.04 Å². The zero-order valence-electron chi connectivity index (χ0n) is 12.4. The minimum atomic E-state index is 0.443. The van der Waals surface area contributed by atoms with Gasteiger partial charge in [0.05, 0.1) is 18.5 Å². The van der Waals surface area contributed by atoms with Crippen LogP contribution in [0.1, 0.15) is 37.9 Å². The molecule has 0 bridgehead atoms. The molecule has 0 aromatic carbocycles. The minimum absolute atomic E-state index is 0.443. The van der Waals surface area contributed by atoms with Crippen LogP contribution in [-0.2, 0) is 13.1 Å². The van der Waals surface area contributed by atoms with E-state index < -0.39 is 0 Å². The number of hydrogen-bond donors (Lipinski definition) is 1. The molecule has 104 valence electrons. The van der Waals surface area contributed by atoms with E-state index in [1.54, 1.807) is 6.26 Å². The maximum atomic E-state index is 5.62. The van der Waals surface area contributed by atoms with Gasteiger partial charge in [0.2, 0.25) is 0 Å². The minimum Gasteiger partial charge on any atom is -0.467 e. The van der Waals surface area contributed by atoms with E-state index in [1.807, 2.05) is 10.7 Å². The number of aryl methyl sites for hydroxylation is 2. The molecule has 4 nitrogen and oxygen atoms in total. The van der Waals surface area contributed by atoms with E-state index in [0.717, 1.165) is 30.1 Å². The Labute approximate surface area is 114 Å². The Morgan fingerprint density at radius 2 is 2.11 bits per heavy atom. The Morgan fingerprint density at radius 3 is 2.68 bits per heavy atom. The van der Waals surface area contributed by atoms with Gasteiger partial charge in [-0.05, 0) is 26.8 Å². The Morgan fingerprint density at radius 1 is 1.37 bits per heavy atom. The summed E-state index contributed by atoms with van der Waals surface area (Å²) in [5.41, 5.74) is 4.62. The van der Waals surface area contributed by atoms with Crippen LogP contribution in [0, 0.1) is 13.8 Å². The van der Waals surface area contributed by atoms with E-state index in [2.05, 4.69) is 45.0 Å². The van der Waals surface area contributed by atoms with Gasteiger partial charge in [-0.15, -0.1) is 0 Å². The van der Waals surface area contributed by atoms with Crippen molar-refractivity contribution in [3.05, 3.63) is 29.5 Å². The Kier molecular flexibility index (Phi) is 4.10. The summed E-state index contributed by atoms with van der Waals surface area (Å²) < 4.78 is 7.66. The van der Waals surface area contributed by atoms with Gasteiger partial charge in [-0.25, -0.2) is 0 Å². The lowest BCUT2D eigenvalue weighted by molar-refractivity contribution is 0.466. The van der Waals surface area contributed by atoms with Crippen LogP contribution in [0.15, 0.2) is 16.7 Å². The average Bonchev–Trinajstić information content (AvgIpc) is 2.91. The van der Waals surface area contributed by atoms with Crippen molar-refractivity contribution < 1.29 is 4.42 Å². The van der Waals surface area contributed by atoms with Crippen LogP contribution < -0.4 is 5.32 Å². The second kappa shape index (κ2) is 5.61. The topological polar surface area (TPSA) is 43.0 Å². The van der Waals surface area contributed by atoms with Crippen LogP contribution in [0.2, 0.25) is 0 Å². The van der Waals surface area contributed by atoms with Crippen molar-refractivity contribution >= 4 is 0 Å². The molecule has 0 aliphatic heterocycles. The molecule has 4 heteroatoms. The van der Waals surface area contributed by atoms with Crippen molar-refractivity contribution in [2.75, 3.05) is 0 Å². The number of hydrogen-bond acceptors (Lipinski definition) is 3. The van der Waals surface area contributed by atoms with Gasteiger partial charge in [-0.2, -0.15) is 5.10 Å². The van der Waals surface area contributed by atoms with Crippen LogP contribution >= 0.6 is 0 Å². The van der Waals surface area contributed by atoms with Crippen LogP contribution in [0.3, 0.4) is 0 Å². The average molecular weight is 261 g/mol. The van der Waals surface area contributed by atoms with Crippen molar-refractivity contribution in [1.29, 1.82) is 0 Å². The molecule has 0 amide bonds. The lowest BCUT2D eigenvalue weighted by atomic mass is 10.0. The van der Waals surface area contributed by atoms with E-state index in [9.17, 15) is 0 Å². The Hall–Kier alpha value is -1.55. The first kappa shape index (κ1) is 13.9. The summed E-state index contributed by atoms with van der Waals surface area (Å²) in [5, 5.41) is 7.97. The normalized spacial score (nSPS) is 11.5. The molecule has 0 aliphatic rings. The monoisotopic (exact) mass is 261 g/mol. The number of rotatable bonds is 5. The van der Waals surface area contributed by atoms with Crippen LogP contribution in [-0.4, -0.2) is 15.8 Å². The molecule has 2 heterocycles. The summed E-state index contributed by atoms with van der Waals surface area (Å²) in [5.74, 6) is 0.982. The molecule has 0 aliphatic carbocycles. The van der Waals surface area contributed by atoms with E-state index in [4.69, 9.17) is 4.42 Å². The van der Waals surface area contributed by atoms with E-state index >= 15 is 0 Å². The first-order chi connectivity index (χ1) is 9.04. The number of furan rings is 1. The van der Waals surface area contributed by atoms with Crippen molar-refractivity contribution in [3.63, 3.8) is 0 Å². The van der Waals surface area contributed by atoms with Gasteiger partial charge < -0.3 is 9.73 Å². The van der Waals surface area contributed by atoms with Gasteiger partial charge >= 0.3 is 0 Å². The first-order valence-corrected chi connectivity index (χ1v) is 6.88. The zero-order chi connectivity index (χ0) is 14.0. The SMILES string of the molecule is CCn1nc(C)c(-c2ccoc2CNC(C)C)c1C. The Bertz CT molecular complexity index is 552. The molecule has 0 saturated carbocycles. The summed E-state index contributed by atoms with van der Waals surface area (Å²) >= 11 is 0. The largest absolute Gasteiger partial charge is 0.467 e. The fourth-order valence-electron chi connectivity index (χ4n) is 2.39. The van der Waals surface area contributed by atoms with Gasteiger partial charge in [0.1, 0.15) is 5.76 Å². The summed E-state index contributed by atoms with van der Waals surface area (Å²) in [6.45, 7) is 12.2. The van der Waals surface area contributed by atoms with Gasteiger partial charge in [-0.1, -0.05) is 13.8 Å². The molecule has 19 heavy (non-hydrogen) atoms. The molecule has 0 radical (unpaired) electrons. The third-order valence-corrected chi connectivity index (χ3v) is 3.37. The second-order valence-corrected chi connectivity index (χ2v) is 5.15. The van der Waals surface area contributed by atoms with E-state index in [-0.39, 0.29) is 0 Å². The summed E-state index contributed by atoms with van der Waals surface area (Å²) in [4.78, 5) is 0. The number of nitrogens with zero attached hydrogens (tertiary/aromatic N) is 2. The lowest BCUT2D eigenvalue weighted by Crippen LogP contribution is -2.21. The molecule has 0 saturated heterocycles. The lowest BCUT2D eigenvalue weighted by Gasteiger charge is -2.08. The highest BCUT2D eigenvalue weighted by Crippen LogP contribution is 2.30. The van der Waals surface area contributed by atoms with Crippen LogP contribution in [0.5, 0.6) is 0 Å². The molecule has 1 N–H and O–H groups in total. The third kappa shape index (κ3) is 2.73. The molecule has 0 spiro atoms. The van der Waals surface area contributed by atoms with Gasteiger partial charge in [0.15, 0.2) is 0 Å². The van der Waals surface area contributed by atoms with Gasteiger partial charge in [-0.3, -0.25) is 4.68 Å². The molecule has 2 aromatic rings. The molecule has 0 atom stereocenters.